The largest absolute Gasteiger partial charge is 0.487 e. The number of hydrogen-bond acceptors (Lipinski definition) is 4. The molecule has 0 aliphatic rings. The lowest BCUT2D eigenvalue weighted by molar-refractivity contribution is 0.304. The summed E-state index contributed by atoms with van der Waals surface area (Å²) in [6, 6.07) is 31.2. The van der Waals surface area contributed by atoms with E-state index in [1.807, 2.05) is 47.0 Å². The van der Waals surface area contributed by atoms with E-state index in [9.17, 15) is 0 Å². The number of imidazole rings is 1. The fraction of sp³-hybridized carbons (Fsp3) is 0.167. The molecule has 0 aliphatic carbocycles. The van der Waals surface area contributed by atoms with Crippen molar-refractivity contribution in [3.63, 3.8) is 0 Å². The lowest BCUT2D eigenvalue weighted by atomic mass is 9.97. The molecule has 3 aromatic carbocycles. The van der Waals surface area contributed by atoms with E-state index < -0.39 is 0 Å². The van der Waals surface area contributed by atoms with Gasteiger partial charge in [-0.25, -0.2) is 4.98 Å². The van der Waals surface area contributed by atoms with Crippen molar-refractivity contribution in [1.82, 2.24) is 9.38 Å². The molecule has 176 valence electrons. The molecule has 0 saturated heterocycles. The summed E-state index contributed by atoms with van der Waals surface area (Å²) < 4.78 is 8.28. The van der Waals surface area contributed by atoms with Crippen LogP contribution in [0.3, 0.4) is 0 Å². The number of hydrogen-bond donors (Lipinski definition) is 2. The van der Waals surface area contributed by atoms with Gasteiger partial charge in [-0.1, -0.05) is 78.9 Å². The second kappa shape index (κ2) is 10.0. The van der Waals surface area contributed by atoms with E-state index in [-0.39, 0.29) is 6.04 Å². The second-order valence-corrected chi connectivity index (χ2v) is 8.73. The van der Waals surface area contributed by atoms with Crippen molar-refractivity contribution in [3.8, 4) is 16.9 Å². The third kappa shape index (κ3) is 4.77. The third-order valence-corrected chi connectivity index (χ3v) is 6.43. The number of nitrogens with zero attached hydrogens (tertiary/aromatic N) is 2. The Bertz CT molecular complexity index is 1430. The van der Waals surface area contributed by atoms with Crippen LogP contribution in [-0.2, 0) is 13.2 Å². The topological polar surface area (TPSA) is 64.6 Å². The lowest BCUT2D eigenvalue weighted by Gasteiger charge is -2.17. The van der Waals surface area contributed by atoms with Gasteiger partial charge in [-0.05, 0) is 53.8 Å². The van der Waals surface area contributed by atoms with Crippen LogP contribution in [0.15, 0.2) is 97.2 Å². The predicted molar refractivity (Wildman–Crippen MR) is 143 cm³/mol. The maximum Gasteiger partial charge on any atom is 0.138 e. The number of nitrogens with two attached hydrogens (primary N) is 1. The van der Waals surface area contributed by atoms with Crippen molar-refractivity contribution in [2.45, 2.75) is 33.0 Å². The van der Waals surface area contributed by atoms with Crippen LogP contribution < -0.4 is 15.8 Å². The summed E-state index contributed by atoms with van der Waals surface area (Å²) in [5.74, 6) is 1.67. The van der Waals surface area contributed by atoms with Gasteiger partial charge in [0.2, 0.25) is 0 Å². The van der Waals surface area contributed by atoms with E-state index in [4.69, 9.17) is 15.5 Å². The number of ether oxygens (including phenoxy) is 1. The van der Waals surface area contributed by atoms with Gasteiger partial charge in [0.25, 0.3) is 0 Å². The number of aromatic nitrogens is 2. The van der Waals surface area contributed by atoms with Crippen LogP contribution in [-0.4, -0.2) is 9.38 Å². The molecule has 0 bridgehead atoms. The smallest absolute Gasteiger partial charge is 0.138 e. The van der Waals surface area contributed by atoms with Gasteiger partial charge in [-0.3, -0.25) is 4.40 Å². The zero-order valence-corrected chi connectivity index (χ0v) is 20.1. The van der Waals surface area contributed by atoms with Crippen molar-refractivity contribution in [2.75, 3.05) is 5.32 Å². The number of rotatable bonds is 8. The minimum Gasteiger partial charge on any atom is -0.487 e. The van der Waals surface area contributed by atoms with Crippen LogP contribution in [0.1, 0.15) is 35.3 Å². The molecule has 2 aromatic heterocycles. The minimum atomic E-state index is 0.106. The summed E-state index contributed by atoms with van der Waals surface area (Å²) in [6.07, 6.45) is 1.98. The van der Waals surface area contributed by atoms with Gasteiger partial charge >= 0.3 is 0 Å². The van der Waals surface area contributed by atoms with Gasteiger partial charge in [0.1, 0.15) is 23.8 Å². The van der Waals surface area contributed by atoms with E-state index in [1.165, 1.54) is 22.3 Å². The molecule has 5 heteroatoms. The highest BCUT2D eigenvalue weighted by molar-refractivity contribution is 5.68. The average molecular weight is 463 g/mol. The molecule has 2 heterocycles. The first kappa shape index (κ1) is 22.7. The van der Waals surface area contributed by atoms with Crippen molar-refractivity contribution in [1.29, 1.82) is 0 Å². The van der Waals surface area contributed by atoms with Crippen molar-refractivity contribution >= 4 is 11.5 Å². The molecule has 0 saturated carbocycles. The van der Waals surface area contributed by atoms with Crippen molar-refractivity contribution in [3.05, 3.63) is 120 Å². The van der Waals surface area contributed by atoms with Crippen LogP contribution in [0.25, 0.3) is 16.8 Å². The number of benzene rings is 3. The maximum atomic E-state index is 6.25. The highest BCUT2D eigenvalue weighted by Gasteiger charge is 2.15. The Balaban J connectivity index is 1.40. The van der Waals surface area contributed by atoms with E-state index in [0.29, 0.717) is 13.2 Å². The van der Waals surface area contributed by atoms with Crippen LogP contribution in [0.4, 0.5) is 5.82 Å². The molecule has 35 heavy (non-hydrogen) atoms. The fourth-order valence-corrected chi connectivity index (χ4v) is 4.42. The SMILES string of the molecule is Cc1c(COc2ccc3nc(CN)c(NC(C)c4ccccc4)n3c2)cccc1-c1ccccc1. The molecule has 5 rings (SSSR count). The van der Waals surface area contributed by atoms with E-state index >= 15 is 0 Å². The highest BCUT2D eigenvalue weighted by atomic mass is 16.5. The Morgan fingerprint density at radius 1 is 0.914 bits per heavy atom. The molecule has 3 N–H and O–H groups in total. The van der Waals surface area contributed by atoms with Crippen LogP contribution in [0, 0.1) is 6.92 Å². The molecule has 0 aliphatic heterocycles. The van der Waals surface area contributed by atoms with Gasteiger partial charge in [-0.15, -0.1) is 0 Å². The van der Waals surface area contributed by atoms with Gasteiger partial charge in [0, 0.05) is 12.6 Å². The molecule has 0 radical (unpaired) electrons. The number of pyridine rings is 1. The average Bonchev–Trinajstić information content (AvgIpc) is 3.25. The summed E-state index contributed by atoms with van der Waals surface area (Å²) in [4.78, 5) is 4.72. The number of nitrogens with one attached hydrogen (secondary N) is 1. The summed E-state index contributed by atoms with van der Waals surface area (Å²) in [6.45, 7) is 5.13. The first-order valence-corrected chi connectivity index (χ1v) is 11.9. The first-order valence-electron chi connectivity index (χ1n) is 11.9. The minimum absolute atomic E-state index is 0.106. The van der Waals surface area contributed by atoms with Gasteiger partial charge in [0.15, 0.2) is 0 Å². The molecule has 5 nitrogen and oxygen atoms in total. The Morgan fingerprint density at radius 3 is 2.40 bits per heavy atom. The van der Waals surface area contributed by atoms with Crippen molar-refractivity contribution in [2.24, 2.45) is 5.73 Å². The van der Waals surface area contributed by atoms with E-state index in [0.717, 1.165) is 28.5 Å². The Hall–Kier alpha value is -4.09. The quantitative estimate of drug-likeness (QED) is 0.275. The van der Waals surface area contributed by atoms with Crippen LogP contribution >= 0.6 is 0 Å². The Morgan fingerprint density at radius 2 is 1.66 bits per heavy atom. The summed E-state index contributed by atoms with van der Waals surface area (Å²) in [5.41, 5.74) is 13.7. The van der Waals surface area contributed by atoms with Gasteiger partial charge in [-0.2, -0.15) is 0 Å². The van der Waals surface area contributed by atoms with E-state index in [1.54, 1.807) is 0 Å². The van der Waals surface area contributed by atoms with Crippen LogP contribution in [0.5, 0.6) is 5.75 Å². The molecule has 1 unspecified atom stereocenters. The van der Waals surface area contributed by atoms with Gasteiger partial charge < -0.3 is 15.8 Å². The van der Waals surface area contributed by atoms with Crippen molar-refractivity contribution < 1.29 is 4.74 Å². The predicted octanol–water partition coefficient (Wildman–Crippen LogP) is 6.52. The molecule has 0 amide bonds. The van der Waals surface area contributed by atoms with E-state index in [2.05, 4.69) is 73.8 Å². The second-order valence-electron chi connectivity index (χ2n) is 8.73. The third-order valence-electron chi connectivity index (χ3n) is 6.43. The molecular weight excluding hydrogens is 432 g/mol. The number of fused-ring (bicyclic) bond motifs is 1. The fourth-order valence-electron chi connectivity index (χ4n) is 4.42. The zero-order chi connectivity index (χ0) is 24.2. The maximum absolute atomic E-state index is 6.25. The molecule has 1 atom stereocenters. The highest BCUT2D eigenvalue weighted by Crippen LogP contribution is 2.28. The first-order chi connectivity index (χ1) is 17.1. The molecular formula is C30H30N4O. The monoisotopic (exact) mass is 462 g/mol. The normalized spacial score (nSPS) is 12.0. The molecule has 0 spiro atoms. The Kier molecular flexibility index (Phi) is 6.51. The van der Waals surface area contributed by atoms with Crippen LogP contribution in [0.2, 0.25) is 0 Å². The Labute approximate surface area is 206 Å². The molecule has 0 fully saturated rings. The van der Waals surface area contributed by atoms with Gasteiger partial charge in [0.05, 0.1) is 11.9 Å². The zero-order valence-electron chi connectivity index (χ0n) is 20.1. The summed E-state index contributed by atoms with van der Waals surface area (Å²) >= 11 is 0. The molecule has 5 aromatic rings. The standard InChI is InChI=1S/C30H30N4O/c1-21-25(14-9-15-27(21)24-12-7-4-8-13-24)20-35-26-16-17-29-33-28(18-31)30(34(29)19-26)32-22(2)23-10-5-3-6-11-23/h3-17,19,22,32H,18,20,31H2,1-2H3. The lowest BCUT2D eigenvalue weighted by Crippen LogP contribution is -2.11. The summed E-state index contributed by atoms with van der Waals surface area (Å²) in [5, 5.41) is 3.60. The number of anilines is 1. The summed E-state index contributed by atoms with van der Waals surface area (Å²) in [7, 11) is 0.